The first kappa shape index (κ1) is 13.1. The third kappa shape index (κ3) is 3.02. The molecule has 0 N–H and O–H groups in total. The highest BCUT2D eigenvalue weighted by Crippen LogP contribution is 2.35. The monoisotopic (exact) mass is 254 g/mol. The molecule has 0 fully saturated rings. The van der Waals surface area contributed by atoms with Crippen molar-refractivity contribution in [3.63, 3.8) is 0 Å². The molecular weight excluding hydrogens is 248 g/mol. The Kier molecular flexibility index (Phi) is 3.49. The summed E-state index contributed by atoms with van der Waals surface area (Å²) >= 11 is 0. The van der Waals surface area contributed by atoms with Crippen molar-refractivity contribution in [2.75, 3.05) is 0 Å². The Morgan fingerprint density at radius 2 is 2.12 bits per heavy atom. The minimum Gasteiger partial charge on any atom is -0.396 e. The first-order chi connectivity index (χ1) is 7.76. The van der Waals surface area contributed by atoms with E-state index < -0.39 is 29.5 Å². The summed E-state index contributed by atoms with van der Waals surface area (Å²) in [6.45, 7) is -0.00425. The van der Waals surface area contributed by atoms with Gasteiger partial charge in [-0.1, -0.05) is 0 Å². The van der Waals surface area contributed by atoms with Gasteiger partial charge >= 0.3 is 12.2 Å². The second kappa shape index (κ2) is 4.52. The summed E-state index contributed by atoms with van der Waals surface area (Å²) in [5.74, 6) is -2.19. The van der Waals surface area contributed by atoms with Gasteiger partial charge in [0.1, 0.15) is 12.9 Å². The molecule has 0 aromatic carbocycles. The van der Waals surface area contributed by atoms with Crippen molar-refractivity contribution in [2.45, 2.75) is 20.0 Å². The quantitative estimate of drug-likeness (QED) is 0.472. The zero-order valence-corrected chi connectivity index (χ0v) is 8.42. The maximum Gasteiger partial charge on any atom is 0.573 e. The van der Waals surface area contributed by atoms with E-state index in [1.165, 1.54) is 0 Å². The van der Waals surface area contributed by atoms with Gasteiger partial charge in [-0.05, 0) is 16.8 Å². The first-order valence-electron chi connectivity index (χ1n) is 4.21. The SMILES string of the molecule is Cc1c(CF)cnc([N+](=O)[O-])c1OC(F)(F)F. The number of pyridine rings is 1. The van der Waals surface area contributed by atoms with Crippen molar-refractivity contribution >= 4 is 5.82 Å². The summed E-state index contributed by atoms with van der Waals surface area (Å²) in [4.78, 5) is 12.5. The van der Waals surface area contributed by atoms with Crippen LogP contribution in [0, 0.1) is 17.0 Å². The van der Waals surface area contributed by atoms with E-state index in [1.54, 1.807) is 0 Å². The van der Waals surface area contributed by atoms with Crippen LogP contribution in [0.5, 0.6) is 5.75 Å². The van der Waals surface area contributed by atoms with Gasteiger partial charge in [0, 0.05) is 11.1 Å². The van der Waals surface area contributed by atoms with Crippen molar-refractivity contribution in [1.29, 1.82) is 0 Å². The molecule has 0 spiro atoms. The normalized spacial score (nSPS) is 11.4. The van der Waals surface area contributed by atoms with Crippen molar-refractivity contribution in [3.05, 3.63) is 27.4 Å². The molecule has 1 aromatic rings. The van der Waals surface area contributed by atoms with Gasteiger partial charge in [0.05, 0.1) is 0 Å². The van der Waals surface area contributed by atoms with Gasteiger partial charge in [-0.3, -0.25) is 0 Å². The number of nitrogens with zero attached hydrogens (tertiary/aromatic N) is 2. The lowest BCUT2D eigenvalue weighted by Crippen LogP contribution is -2.19. The van der Waals surface area contributed by atoms with Crippen LogP contribution in [0.25, 0.3) is 0 Å². The molecule has 5 nitrogen and oxygen atoms in total. The smallest absolute Gasteiger partial charge is 0.396 e. The molecule has 0 bridgehead atoms. The fourth-order valence-corrected chi connectivity index (χ4v) is 1.11. The Morgan fingerprint density at radius 3 is 2.53 bits per heavy atom. The molecule has 94 valence electrons. The van der Waals surface area contributed by atoms with Crippen LogP contribution in [-0.2, 0) is 6.67 Å². The van der Waals surface area contributed by atoms with Gasteiger partial charge in [-0.2, -0.15) is 0 Å². The van der Waals surface area contributed by atoms with Crippen LogP contribution in [0.15, 0.2) is 6.20 Å². The van der Waals surface area contributed by atoms with Crippen molar-refractivity contribution < 1.29 is 27.2 Å². The lowest BCUT2D eigenvalue weighted by Gasteiger charge is -2.11. The van der Waals surface area contributed by atoms with E-state index in [0.717, 1.165) is 13.1 Å². The fraction of sp³-hybridized carbons (Fsp3) is 0.375. The summed E-state index contributed by atoms with van der Waals surface area (Å²) in [6.07, 6.45) is -4.30. The largest absolute Gasteiger partial charge is 0.573 e. The Hall–Kier alpha value is -1.93. The molecule has 1 aromatic heterocycles. The van der Waals surface area contributed by atoms with Crippen LogP contribution in [0.4, 0.5) is 23.4 Å². The van der Waals surface area contributed by atoms with Crippen molar-refractivity contribution in [2.24, 2.45) is 0 Å². The van der Waals surface area contributed by atoms with Gasteiger partial charge in [-0.25, -0.2) is 4.39 Å². The number of nitro groups is 1. The molecule has 1 heterocycles. The van der Waals surface area contributed by atoms with Crippen LogP contribution >= 0.6 is 0 Å². The highest BCUT2D eigenvalue weighted by molar-refractivity contribution is 5.49. The summed E-state index contributed by atoms with van der Waals surface area (Å²) in [5, 5.41) is 10.5. The molecule has 0 aliphatic heterocycles. The molecule has 0 saturated carbocycles. The zero-order valence-electron chi connectivity index (χ0n) is 8.42. The average Bonchev–Trinajstić information content (AvgIpc) is 2.18. The van der Waals surface area contributed by atoms with E-state index in [-0.39, 0.29) is 11.1 Å². The number of ether oxygens (including phenoxy) is 1. The molecule has 17 heavy (non-hydrogen) atoms. The molecule has 9 heteroatoms. The Labute approximate surface area is 92.2 Å². The average molecular weight is 254 g/mol. The maximum absolute atomic E-state index is 12.4. The van der Waals surface area contributed by atoms with E-state index >= 15 is 0 Å². The number of rotatable bonds is 3. The number of alkyl halides is 4. The van der Waals surface area contributed by atoms with E-state index in [2.05, 4.69) is 9.72 Å². The minimum absolute atomic E-state index is 0.199. The summed E-state index contributed by atoms with van der Waals surface area (Å²) in [5.41, 5.74) is -0.499. The van der Waals surface area contributed by atoms with E-state index in [9.17, 15) is 27.7 Å². The zero-order chi connectivity index (χ0) is 13.2. The number of hydrogen-bond donors (Lipinski definition) is 0. The molecule has 1 rings (SSSR count). The molecule has 0 atom stereocenters. The van der Waals surface area contributed by atoms with Gasteiger partial charge in [-0.15, -0.1) is 13.2 Å². The fourth-order valence-electron chi connectivity index (χ4n) is 1.11. The number of halogens is 4. The first-order valence-corrected chi connectivity index (χ1v) is 4.21. The van der Waals surface area contributed by atoms with E-state index in [1.807, 2.05) is 0 Å². The second-order valence-electron chi connectivity index (χ2n) is 3.00. The lowest BCUT2D eigenvalue weighted by molar-refractivity contribution is -0.393. The van der Waals surface area contributed by atoms with Gasteiger partial charge in [0.25, 0.3) is 0 Å². The molecule has 0 aliphatic rings. The topological polar surface area (TPSA) is 65.3 Å². The predicted octanol–water partition coefficient (Wildman–Crippen LogP) is 2.67. The Morgan fingerprint density at radius 1 is 1.53 bits per heavy atom. The van der Waals surface area contributed by atoms with Crippen LogP contribution < -0.4 is 4.74 Å². The van der Waals surface area contributed by atoms with Crippen LogP contribution in [0.2, 0.25) is 0 Å². The number of hydrogen-bond acceptors (Lipinski definition) is 4. The van der Waals surface area contributed by atoms with Crippen molar-refractivity contribution in [1.82, 2.24) is 4.98 Å². The van der Waals surface area contributed by atoms with E-state index in [0.29, 0.717) is 0 Å². The molecule has 0 aliphatic carbocycles. The van der Waals surface area contributed by atoms with Gasteiger partial charge in [0.2, 0.25) is 5.75 Å². The van der Waals surface area contributed by atoms with E-state index in [4.69, 9.17) is 0 Å². The third-order valence-electron chi connectivity index (χ3n) is 1.90. The minimum atomic E-state index is -5.11. The highest BCUT2D eigenvalue weighted by atomic mass is 19.4. The molecule has 0 unspecified atom stereocenters. The molecule has 0 amide bonds. The Balaban J connectivity index is 3.35. The molecule has 0 radical (unpaired) electrons. The van der Waals surface area contributed by atoms with Crippen LogP contribution in [0.3, 0.4) is 0 Å². The predicted molar refractivity (Wildman–Crippen MR) is 47.1 cm³/mol. The third-order valence-corrected chi connectivity index (χ3v) is 1.90. The van der Waals surface area contributed by atoms with Crippen LogP contribution in [-0.4, -0.2) is 16.3 Å². The summed E-state index contributed by atoms with van der Waals surface area (Å²) < 4.78 is 52.0. The Bertz CT molecular complexity index is 447. The van der Waals surface area contributed by atoms with Crippen LogP contribution in [0.1, 0.15) is 11.1 Å². The number of aromatic nitrogens is 1. The summed E-state index contributed by atoms with van der Waals surface area (Å²) in [6, 6.07) is 0. The highest BCUT2D eigenvalue weighted by Gasteiger charge is 2.36. The lowest BCUT2D eigenvalue weighted by atomic mass is 10.1. The second-order valence-corrected chi connectivity index (χ2v) is 3.00. The molecular formula is C8H6F4N2O3. The van der Waals surface area contributed by atoms with Gasteiger partial charge in [0.15, 0.2) is 0 Å². The summed E-state index contributed by atoms with van der Waals surface area (Å²) in [7, 11) is 0. The van der Waals surface area contributed by atoms with Gasteiger partial charge < -0.3 is 14.9 Å². The molecule has 0 saturated heterocycles. The maximum atomic E-state index is 12.4. The standard InChI is InChI=1S/C8H6F4N2O3/c1-4-5(2-9)3-13-7(14(15)16)6(4)17-8(10,11)12/h3H,2H2,1H3. The van der Waals surface area contributed by atoms with Crippen molar-refractivity contribution in [3.8, 4) is 5.75 Å².